The van der Waals surface area contributed by atoms with Gasteiger partial charge in [0.25, 0.3) is 0 Å². The van der Waals surface area contributed by atoms with Gasteiger partial charge in [0, 0.05) is 6.42 Å². The number of ketones is 1. The fraction of sp³-hybridized carbons (Fsp3) is 0.154. The molecular formula is C13H11O. The Labute approximate surface area is 83.4 Å². The summed E-state index contributed by atoms with van der Waals surface area (Å²) in [7, 11) is 0. The number of benzene rings is 2. The van der Waals surface area contributed by atoms with E-state index in [-0.39, 0.29) is 5.78 Å². The summed E-state index contributed by atoms with van der Waals surface area (Å²) in [5, 5.41) is 2.24. The lowest BCUT2D eigenvalue weighted by atomic mass is 10.0. The molecule has 0 aromatic heterocycles. The summed E-state index contributed by atoms with van der Waals surface area (Å²) in [5.41, 5.74) is 1.04. The topological polar surface area (TPSA) is 17.1 Å². The second-order valence-corrected chi connectivity index (χ2v) is 3.47. The summed E-state index contributed by atoms with van der Waals surface area (Å²) in [6.45, 7) is 1.61. The summed E-state index contributed by atoms with van der Waals surface area (Å²) >= 11 is 0. The molecule has 69 valence electrons. The highest BCUT2D eigenvalue weighted by atomic mass is 16.1. The van der Waals surface area contributed by atoms with Crippen LogP contribution in [0.1, 0.15) is 12.5 Å². The van der Waals surface area contributed by atoms with Crippen molar-refractivity contribution < 1.29 is 4.79 Å². The molecule has 0 aliphatic carbocycles. The highest BCUT2D eigenvalue weighted by molar-refractivity contribution is 5.84. The maximum atomic E-state index is 10.9. The molecule has 0 heterocycles. The van der Waals surface area contributed by atoms with E-state index in [0.29, 0.717) is 6.42 Å². The van der Waals surface area contributed by atoms with Crippen LogP contribution in [0.15, 0.2) is 36.4 Å². The minimum absolute atomic E-state index is 0.189. The number of carbonyl (C=O) groups is 1. The van der Waals surface area contributed by atoms with E-state index in [1.807, 2.05) is 36.4 Å². The van der Waals surface area contributed by atoms with Crippen molar-refractivity contribution >= 4 is 16.6 Å². The lowest BCUT2D eigenvalue weighted by Crippen LogP contribution is -1.95. The van der Waals surface area contributed by atoms with Crippen LogP contribution in [0.2, 0.25) is 0 Å². The van der Waals surface area contributed by atoms with Gasteiger partial charge < -0.3 is 0 Å². The van der Waals surface area contributed by atoms with E-state index in [1.54, 1.807) is 6.92 Å². The van der Waals surface area contributed by atoms with Gasteiger partial charge in [-0.15, -0.1) is 0 Å². The van der Waals surface area contributed by atoms with Crippen molar-refractivity contribution in [3.05, 3.63) is 48.0 Å². The van der Waals surface area contributed by atoms with Crippen LogP contribution in [0.4, 0.5) is 0 Å². The first kappa shape index (κ1) is 8.95. The van der Waals surface area contributed by atoms with Gasteiger partial charge in [-0.2, -0.15) is 0 Å². The van der Waals surface area contributed by atoms with Gasteiger partial charge in [-0.05, 0) is 29.3 Å². The number of rotatable bonds is 2. The monoisotopic (exact) mass is 183 g/mol. The minimum Gasteiger partial charge on any atom is -0.300 e. The average molecular weight is 183 g/mol. The van der Waals surface area contributed by atoms with Gasteiger partial charge in [-0.1, -0.05) is 36.4 Å². The van der Waals surface area contributed by atoms with Crippen LogP contribution < -0.4 is 0 Å². The van der Waals surface area contributed by atoms with Gasteiger partial charge in [0.15, 0.2) is 0 Å². The molecule has 0 fully saturated rings. The highest BCUT2D eigenvalue weighted by Crippen LogP contribution is 2.15. The van der Waals surface area contributed by atoms with Gasteiger partial charge in [0.1, 0.15) is 5.78 Å². The zero-order valence-electron chi connectivity index (χ0n) is 8.08. The molecule has 14 heavy (non-hydrogen) atoms. The number of hydrogen-bond acceptors (Lipinski definition) is 1. The minimum atomic E-state index is 0.189. The van der Waals surface area contributed by atoms with Crippen LogP contribution >= 0.6 is 0 Å². The molecule has 1 nitrogen and oxygen atoms in total. The van der Waals surface area contributed by atoms with E-state index in [9.17, 15) is 4.79 Å². The molecule has 0 atom stereocenters. The maximum Gasteiger partial charge on any atom is 0.134 e. The van der Waals surface area contributed by atoms with E-state index in [2.05, 4.69) is 6.07 Å². The highest BCUT2D eigenvalue weighted by Gasteiger charge is 1.98. The number of Topliss-reactive ketones (excluding diaryl/α,β-unsaturated/α-hetero) is 1. The van der Waals surface area contributed by atoms with Crippen LogP contribution in [0.5, 0.6) is 0 Å². The Morgan fingerprint density at radius 1 is 1.36 bits per heavy atom. The summed E-state index contributed by atoms with van der Waals surface area (Å²) in [6, 6.07) is 15.2. The molecular weight excluding hydrogens is 172 g/mol. The van der Waals surface area contributed by atoms with Crippen molar-refractivity contribution in [2.75, 3.05) is 0 Å². The normalized spacial score (nSPS) is 10.4. The zero-order valence-corrected chi connectivity index (χ0v) is 8.08. The molecule has 0 saturated heterocycles. The summed E-state index contributed by atoms with van der Waals surface area (Å²) in [6.07, 6.45) is 0.501. The van der Waals surface area contributed by atoms with Crippen molar-refractivity contribution in [3.63, 3.8) is 0 Å². The molecule has 0 amide bonds. The predicted molar refractivity (Wildman–Crippen MR) is 57.2 cm³/mol. The van der Waals surface area contributed by atoms with Gasteiger partial charge >= 0.3 is 0 Å². The van der Waals surface area contributed by atoms with Crippen LogP contribution in [0, 0.1) is 6.07 Å². The first-order chi connectivity index (χ1) is 6.75. The third-order valence-corrected chi connectivity index (χ3v) is 2.17. The molecule has 0 saturated carbocycles. The largest absolute Gasteiger partial charge is 0.300 e. The van der Waals surface area contributed by atoms with Gasteiger partial charge in [-0.25, -0.2) is 0 Å². The Morgan fingerprint density at radius 3 is 2.93 bits per heavy atom. The van der Waals surface area contributed by atoms with Gasteiger partial charge in [0.05, 0.1) is 0 Å². The molecule has 2 aromatic rings. The molecule has 0 spiro atoms. The Hall–Kier alpha value is -1.63. The Bertz CT molecular complexity index is 471. The van der Waals surface area contributed by atoms with Crippen molar-refractivity contribution in [1.82, 2.24) is 0 Å². The van der Waals surface area contributed by atoms with Crippen LogP contribution in [0.3, 0.4) is 0 Å². The van der Waals surface area contributed by atoms with Gasteiger partial charge in [-0.3, -0.25) is 4.79 Å². The zero-order chi connectivity index (χ0) is 9.97. The average Bonchev–Trinajstić information content (AvgIpc) is 2.17. The summed E-state index contributed by atoms with van der Waals surface area (Å²) in [5.74, 6) is 0.189. The van der Waals surface area contributed by atoms with E-state index >= 15 is 0 Å². The predicted octanol–water partition coefficient (Wildman–Crippen LogP) is 2.77. The fourth-order valence-electron chi connectivity index (χ4n) is 1.56. The molecule has 1 heteroatoms. The van der Waals surface area contributed by atoms with E-state index in [1.165, 1.54) is 0 Å². The molecule has 2 aromatic carbocycles. The van der Waals surface area contributed by atoms with Crippen molar-refractivity contribution in [3.8, 4) is 0 Å². The molecule has 2 rings (SSSR count). The molecule has 0 unspecified atom stereocenters. The standard InChI is InChI=1S/C13H11O/c1-10(14)8-11-6-7-12-4-2-3-5-13(12)9-11/h2-6,9H,8H2,1H3. The lowest BCUT2D eigenvalue weighted by molar-refractivity contribution is -0.116. The smallest absolute Gasteiger partial charge is 0.134 e. The second kappa shape index (κ2) is 3.62. The summed E-state index contributed by atoms with van der Waals surface area (Å²) in [4.78, 5) is 10.9. The Balaban J connectivity index is 2.46. The lowest BCUT2D eigenvalue weighted by Gasteiger charge is -2.00. The fourth-order valence-corrected chi connectivity index (χ4v) is 1.56. The van der Waals surface area contributed by atoms with Crippen molar-refractivity contribution in [2.45, 2.75) is 13.3 Å². The molecule has 0 aliphatic heterocycles. The van der Waals surface area contributed by atoms with Crippen molar-refractivity contribution in [2.24, 2.45) is 0 Å². The van der Waals surface area contributed by atoms with E-state index in [0.717, 1.165) is 16.3 Å². The van der Waals surface area contributed by atoms with E-state index in [4.69, 9.17) is 0 Å². The molecule has 1 radical (unpaired) electrons. The van der Waals surface area contributed by atoms with Crippen LogP contribution in [-0.2, 0) is 11.2 Å². The SMILES string of the molecule is CC(=O)Cc1c[c]c2ccccc2c1. The third kappa shape index (κ3) is 1.82. The first-order valence-electron chi connectivity index (χ1n) is 4.64. The van der Waals surface area contributed by atoms with Crippen LogP contribution in [-0.4, -0.2) is 5.78 Å². The second-order valence-electron chi connectivity index (χ2n) is 3.47. The van der Waals surface area contributed by atoms with Crippen molar-refractivity contribution in [1.29, 1.82) is 0 Å². The Kier molecular flexibility index (Phi) is 2.32. The maximum absolute atomic E-state index is 10.9. The van der Waals surface area contributed by atoms with E-state index < -0.39 is 0 Å². The van der Waals surface area contributed by atoms with Crippen LogP contribution in [0.25, 0.3) is 10.8 Å². The number of carbonyl (C=O) groups excluding carboxylic acids is 1. The van der Waals surface area contributed by atoms with Gasteiger partial charge in [0.2, 0.25) is 0 Å². The summed E-state index contributed by atoms with van der Waals surface area (Å²) < 4.78 is 0. The Morgan fingerprint density at radius 2 is 2.14 bits per heavy atom. The third-order valence-electron chi connectivity index (χ3n) is 2.17. The molecule has 0 N–H and O–H groups in total. The number of hydrogen-bond donors (Lipinski definition) is 0. The molecule has 0 aliphatic rings. The molecule has 0 bridgehead atoms. The quantitative estimate of drug-likeness (QED) is 0.699. The first-order valence-corrected chi connectivity index (χ1v) is 4.64. The number of fused-ring (bicyclic) bond motifs is 1.